The molecule has 0 spiro atoms. The molecule has 0 unspecified atom stereocenters. The van der Waals surface area contributed by atoms with Crippen LogP contribution in [0.5, 0.6) is 11.5 Å². The zero-order valence-electron chi connectivity index (χ0n) is 19.9. The summed E-state index contributed by atoms with van der Waals surface area (Å²) in [7, 11) is 0. The number of nitrogens with zero attached hydrogens (tertiary/aromatic N) is 1. The Hall–Kier alpha value is -3.74. The van der Waals surface area contributed by atoms with Crippen molar-refractivity contribution in [3.05, 3.63) is 83.3 Å². The van der Waals surface area contributed by atoms with E-state index in [2.05, 4.69) is 12.2 Å². The molecule has 2 aliphatic rings. The molecule has 0 radical (unpaired) electrons. The summed E-state index contributed by atoms with van der Waals surface area (Å²) in [6.07, 6.45) is 6.49. The summed E-state index contributed by atoms with van der Waals surface area (Å²) >= 11 is 0. The Kier molecular flexibility index (Phi) is 6.75. The van der Waals surface area contributed by atoms with Crippen LogP contribution >= 0.6 is 0 Å². The van der Waals surface area contributed by atoms with Gasteiger partial charge in [-0.15, -0.1) is 0 Å². The molecule has 2 aromatic carbocycles. The van der Waals surface area contributed by atoms with E-state index in [1.165, 1.54) is 11.8 Å². The summed E-state index contributed by atoms with van der Waals surface area (Å²) < 4.78 is 16.4. The number of carbonyl (C=O) groups is 2. The van der Waals surface area contributed by atoms with Crippen LogP contribution in [0.3, 0.4) is 0 Å². The first kappa shape index (κ1) is 23.0. The Balaban J connectivity index is 1.53. The topological polar surface area (TPSA) is 81.0 Å². The number of rotatable bonds is 8. The Morgan fingerprint density at radius 1 is 1.00 bits per heavy atom. The smallest absolute Gasteiger partial charge is 0.290 e. The molecule has 5 rings (SSSR count). The number of nitrogens with one attached hydrogen (secondary N) is 1. The predicted octanol–water partition coefficient (Wildman–Crippen LogP) is 5.01. The maximum Gasteiger partial charge on any atom is 0.290 e. The third-order valence-corrected chi connectivity index (χ3v) is 6.75. The number of aryl methyl sites for hydroxylation is 1. The van der Waals surface area contributed by atoms with Gasteiger partial charge in [-0.05, 0) is 60.2 Å². The van der Waals surface area contributed by atoms with Gasteiger partial charge in [0.05, 0.1) is 6.26 Å². The molecule has 2 heterocycles. The number of furan rings is 1. The monoisotopic (exact) mass is 474 g/mol. The average Bonchev–Trinajstić information content (AvgIpc) is 3.66. The highest BCUT2D eigenvalue weighted by molar-refractivity contribution is 5.96. The third-order valence-electron chi connectivity index (χ3n) is 6.75. The van der Waals surface area contributed by atoms with E-state index in [0.717, 1.165) is 43.2 Å². The number of fused-ring (bicyclic) bond motifs is 1. The molecule has 3 aromatic rings. The van der Waals surface area contributed by atoms with E-state index < -0.39 is 6.04 Å². The van der Waals surface area contributed by atoms with Crippen LogP contribution in [0.2, 0.25) is 0 Å². The SMILES string of the molecule is CCc1ccc([C@@H](C(=O)NC2CCCC2)N(Cc2ccc3c(c2)OCO3)C(=O)c2ccco2)cc1. The quantitative estimate of drug-likeness (QED) is 0.496. The van der Waals surface area contributed by atoms with E-state index in [0.29, 0.717) is 11.5 Å². The normalized spacial score (nSPS) is 15.7. The van der Waals surface area contributed by atoms with Crippen LogP contribution in [0.15, 0.2) is 65.3 Å². The van der Waals surface area contributed by atoms with Crippen LogP contribution in [-0.2, 0) is 17.8 Å². The van der Waals surface area contributed by atoms with Gasteiger partial charge in [0.1, 0.15) is 6.04 Å². The Bertz CT molecular complexity index is 1170. The molecular formula is C28H30N2O5. The number of hydrogen-bond donors (Lipinski definition) is 1. The molecule has 1 aromatic heterocycles. The Morgan fingerprint density at radius 3 is 2.46 bits per heavy atom. The molecule has 1 atom stereocenters. The second kappa shape index (κ2) is 10.3. The van der Waals surface area contributed by atoms with Crippen molar-refractivity contribution in [2.24, 2.45) is 0 Å². The van der Waals surface area contributed by atoms with Crippen molar-refractivity contribution >= 4 is 11.8 Å². The second-order valence-electron chi connectivity index (χ2n) is 9.09. The molecule has 0 bridgehead atoms. The minimum atomic E-state index is -0.815. The van der Waals surface area contributed by atoms with E-state index in [4.69, 9.17) is 13.9 Å². The Labute approximate surface area is 205 Å². The molecule has 182 valence electrons. The van der Waals surface area contributed by atoms with Gasteiger partial charge in [-0.2, -0.15) is 0 Å². The van der Waals surface area contributed by atoms with Crippen LogP contribution in [-0.4, -0.2) is 29.5 Å². The fourth-order valence-electron chi connectivity index (χ4n) is 4.82. The van der Waals surface area contributed by atoms with E-state index >= 15 is 0 Å². The van der Waals surface area contributed by atoms with Gasteiger partial charge in [0, 0.05) is 12.6 Å². The number of carbonyl (C=O) groups excluding carboxylic acids is 2. The molecule has 1 fully saturated rings. The lowest BCUT2D eigenvalue weighted by molar-refractivity contribution is -0.126. The van der Waals surface area contributed by atoms with E-state index in [1.807, 2.05) is 42.5 Å². The van der Waals surface area contributed by atoms with Crippen LogP contribution in [0, 0.1) is 0 Å². The average molecular weight is 475 g/mol. The Morgan fingerprint density at radius 2 is 1.74 bits per heavy atom. The lowest BCUT2D eigenvalue weighted by Gasteiger charge is -2.32. The van der Waals surface area contributed by atoms with Gasteiger partial charge in [0.2, 0.25) is 12.7 Å². The van der Waals surface area contributed by atoms with E-state index in [-0.39, 0.29) is 37.0 Å². The first-order valence-corrected chi connectivity index (χ1v) is 12.2. The van der Waals surface area contributed by atoms with E-state index in [1.54, 1.807) is 17.0 Å². The highest BCUT2D eigenvalue weighted by Crippen LogP contribution is 2.34. The number of ether oxygens (including phenoxy) is 2. The lowest BCUT2D eigenvalue weighted by atomic mass is 9.99. The molecular weight excluding hydrogens is 444 g/mol. The minimum Gasteiger partial charge on any atom is -0.459 e. The van der Waals surface area contributed by atoms with Gasteiger partial charge >= 0.3 is 0 Å². The van der Waals surface area contributed by atoms with Gasteiger partial charge < -0.3 is 24.1 Å². The highest BCUT2D eigenvalue weighted by atomic mass is 16.7. The molecule has 1 N–H and O–H groups in total. The minimum absolute atomic E-state index is 0.131. The molecule has 35 heavy (non-hydrogen) atoms. The van der Waals surface area contributed by atoms with Crippen molar-refractivity contribution in [2.75, 3.05) is 6.79 Å². The third kappa shape index (κ3) is 5.04. The number of hydrogen-bond acceptors (Lipinski definition) is 5. The fourth-order valence-corrected chi connectivity index (χ4v) is 4.82. The second-order valence-corrected chi connectivity index (χ2v) is 9.09. The molecule has 1 saturated carbocycles. The van der Waals surface area contributed by atoms with Crippen LogP contribution in [0.1, 0.15) is 65.9 Å². The van der Waals surface area contributed by atoms with Crippen molar-refractivity contribution in [1.29, 1.82) is 0 Å². The summed E-state index contributed by atoms with van der Waals surface area (Å²) in [4.78, 5) is 29.1. The van der Waals surface area contributed by atoms with Crippen LogP contribution < -0.4 is 14.8 Å². The predicted molar refractivity (Wildman–Crippen MR) is 130 cm³/mol. The molecule has 0 saturated heterocycles. The first-order chi connectivity index (χ1) is 17.1. The van der Waals surface area contributed by atoms with Gasteiger partial charge in [0.25, 0.3) is 5.91 Å². The lowest BCUT2D eigenvalue weighted by Crippen LogP contribution is -2.45. The van der Waals surface area contributed by atoms with Gasteiger partial charge in [0.15, 0.2) is 17.3 Å². The highest BCUT2D eigenvalue weighted by Gasteiger charge is 2.35. The maximum atomic E-state index is 13.8. The fraction of sp³-hybridized carbons (Fsp3) is 0.357. The maximum absolute atomic E-state index is 13.8. The molecule has 7 nitrogen and oxygen atoms in total. The zero-order valence-corrected chi connectivity index (χ0v) is 19.9. The van der Waals surface area contributed by atoms with Gasteiger partial charge in [-0.3, -0.25) is 9.59 Å². The zero-order chi connectivity index (χ0) is 24.2. The van der Waals surface area contributed by atoms with Gasteiger partial charge in [-0.25, -0.2) is 0 Å². The summed E-state index contributed by atoms with van der Waals surface area (Å²) in [5.74, 6) is 0.964. The number of benzene rings is 2. The van der Waals surface area contributed by atoms with Crippen molar-refractivity contribution in [2.45, 2.75) is 57.7 Å². The standard InChI is InChI=1S/C28H30N2O5/c1-2-19-9-12-21(13-10-19)26(27(31)29-22-6-3-4-7-22)30(28(32)24-8-5-15-33-24)17-20-11-14-23-25(16-20)35-18-34-23/h5,8-16,22,26H,2-4,6-7,17-18H2,1H3,(H,29,31)/t26-/m0/s1. The van der Waals surface area contributed by atoms with Crippen LogP contribution in [0.4, 0.5) is 0 Å². The molecule has 1 aliphatic carbocycles. The van der Waals surface area contributed by atoms with E-state index in [9.17, 15) is 9.59 Å². The molecule has 7 heteroatoms. The summed E-state index contributed by atoms with van der Waals surface area (Å²) in [5, 5.41) is 3.21. The summed E-state index contributed by atoms with van der Waals surface area (Å²) in [6, 6.07) is 16.1. The summed E-state index contributed by atoms with van der Waals surface area (Å²) in [5.41, 5.74) is 2.76. The van der Waals surface area contributed by atoms with Crippen molar-refractivity contribution < 1.29 is 23.5 Å². The number of amides is 2. The largest absolute Gasteiger partial charge is 0.459 e. The summed E-state index contributed by atoms with van der Waals surface area (Å²) in [6.45, 7) is 2.46. The van der Waals surface area contributed by atoms with Crippen LogP contribution in [0.25, 0.3) is 0 Å². The van der Waals surface area contributed by atoms with Gasteiger partial charge in [-0.1, -0.05) is 50.1 Å². The first-order valence-electron chi connectivity index (χ1n) is 12.2. The van der Waals surface area contributed by atoms with Crippen molar-refractivity contribution in [3.8, 4) is 11.5 Å². The van der Waals surface area contributed by atoms with Crippen molar-refractivity contribution in [3.63, 3.8) is 0 Å². The van der Waals surface area contributed by atoms with Crippen molar-refractivity contribution in [1.82, 2.24) is 10.2 Å². The molecule has 2 amide bonds. The molecule has 1 aliphatic heterocycles.